The Kier molecular flexibility index (Phi) is 3.92. The Morgan fingerprint density at radius 2 is 2.05 bits per heavy atom. The Bertz CT molecular complexity index is 635. The van der Waals surface area contributed by atoms with E-state index in [4.69, 9.17) is 0 Å². The molecule has 21 heavy (non-hydrogen) atoms. The first-order valence-electron chi connectivity index (χ1n) is 5.97. The molecule has 2 aromatic heterocycles. The first-order chi connectivity index (χ1) is 9.79. The maximum atomic E-state index is 12.4. The van der Waals surface area contributed by atoms with Gasteiger partial charge >= 0.3 is 6.18 Å². The molecule has 6 nitrogen and oxygen atoms in total. The average molecular weight is 299 g/mol. The van der Waals surface area contributed by atoms with Crippen molar-refractivity contribution in [1.82, 2.24) is 25.3 Å². The smallest absolute Gasteiger partial charge is 0.344 e. The second-order valence-electron chi connectivity index (χ2n) is 4.41. The number of nitrogens with zero attached hydrogens (tertiary/aromatic N) is 4. The molecule has 0 saturated heterocycles. The lowest BCUT2D eigenvalue weighted by molar-refractivity contribution is -0.141. The summed E-state index contributed by atoms with van der Waals surface area (Å²) < 4.78 is 38.5. The summed E-state index contributed by atoms with van der Waals surface area (Å²) in [6, 6.07) is 1.66. The Labute approximate surface area is 118 Å². The lowest BCUT2D eigenvalue weighted by atomic mass is 10.1. The van der Waals surface area contributed by atoms with Gasteiger partial charge in [0.05, 0.1) is 12.2 Å². The number of amides is 1. The van der Waals surface area contributed by atoms with Crippen molar-refractivity contribution < 1.29 is 18.0 Å². The van der Waals surface area contributed by atoms with Crippen LogP contribution in [0, 0.1) is 0 Å². The molecule has 1 N–H and O–H groups in total. The molecular weight excluding hydrogens is 287 g/mol. The predicted octanol–water partition coefficient (Wildman–Crippen LogP) is 1.72. The Morgan fingerprint density at radius 3 is 2.52 bits per heavy atom. The van der Waals surface area contributed by atoms with Gasteiger partial charge in [0.25, 0.3) is 5.91 Å². The number of hydrogen-bond donors (Lipinski definition) is 1. The van der Waals surface area contributed by atoms with Crippen molar-refractivity contribution in [2.45, 2.75) is 19.1 Å². The van der Waals surface area contributed by atoms with Crippen molar-refractivity contribution in [2.75, 3.05) is 0 Å². The number of nitrogens with one attached hydrogen (secondary N) is 1. The molecule has 0 fully saturated rings. The molecule has 0 radical (unpaired) electrons. The summed E-state index contributed by atoms with van der Waals surface area (Å²) in [7, 11) is 1.56. The maximum Gasteiger partial charge on any atom is 0.433 e. The van der Waals surface area contributed by atoms with Crippen LogP contribution in [-0.4, -0.2) is 25.9 Å². The van der Waals surface area contributed by atoms with Crippen LogP contribution in [0.4, 0.5) is 13.2 Å². The molecule has 2 rings (SSSR count). The van der Waals surface area contributed by atoms with Gasteiger partial charge in [0, 0.05) is 13.2 Å². The fraction of sp³-hybridized carbons (Fsp3) is 0.333. The van der Waals surface area contributed by atoms with Crippen LogP contribution in [0.15, 0.2) is 24.5 Å². The van der Waals surface area contributed by atoms with Gasteiger partial charge in [0.15, 0.2) is 0 Å². The minimum atomic E-state index is -4.48. The fourth-order valence-corrected chi connectivity index (χ4v) is 1.68. The van der Waals surface area contributed by atoms with E-state index in [1.807, 2.05) is 0 Å². The second kappa shape index (κ2) is 5.51. The van der Waals surface area contributed by atoms with Crippen LogP contribution in [0.25, 0.3) is 0 Å². The quantitative estimate of drug-likeness (QED) is 0.936. The molecule has 2 heterocycles. The Hall–Kier alpha value is -2.45. The van der Waals surface area contributed by atoms with Crippen LogP contribution >= 0.6 is 0 Å². The molecule has 0 aromatic carbocycles. The number of alkyl halides is 3. The molecular formula is C12H12F3N5O. The lowest BCUT2D eigenvalue weighted by Gasteiger charge is -2.14. The van der Waals surface area contributed by atoms with Gasteiger partial charge < -0.3 is 5.32 Å². The number of carbonyl (C=O) groups excluding carboxylic acids is 1. The van der Waals surface area contributed by atoms with Crippen molar-refractivity contribution >= 4 is 5.91 Å². The normalized spacial score (nSPS) is 13.0. The molecule has 0 saturated carbocycles. The molecule has 0 spiro atoms. The summed E-state index contributed by atoms with van der Waals surface area (Å²) >= 11 is 0. The van der Waals surface area contributed by atoms with Crippen LogP contribution in [0.2, 0.25) is 0 Å². The van der Waals surface area contributed by atoms with E-state index < -0.39 is 23.8 Å². The van der Waals surface area contributed by atoms with Crippen LogP contribution < -0.4 is 5.32 Å². The third-order valence-electron chi connectivity index (χ3n) is 2.87. The van der Waals surface area contributed by atoms with E-state index in [9.17, 15) is 18.0 Å². The van der Waals surface area contributed by atoms with Crippen LogP contribution in [0.3, 0.4) is 0 Å². The highest BCUT2D eigenvalue weighted by atomic mass is 19.4. The molecule has 0 aliphatic carbocycles. The monoisotopic (exact) mass is 299 g/mol. The number of pyridine rings is 1. The highest BCUT2D eigenvalue weighted by Gasteiger charge is 2.32. The maximum absolute atomic E-state index is 12.4. The average Bonchev–Trinajstić information content (AvgIpc) is 2.84. The third kappa shape index (κ3) is 3.36. The van der Waals surface area contributed by atoms with Gasteiger partial charge in [-0.25, -0.2) is 4.68 Å². The summed E-state index contributed by atoms with van der Waals surface area (Å²) in [6.07, 6.45) is -2.09. The summed E-state index contributed by atoms with van der Waals surface area (Å²) in [5, 5.41) is 9.84. The fourth-order valence-electron chi connectivity index (χ4n) is 1.68. The largest absolute Gasteiger partial charge is 0.433 e. The first kappa shape index (κ1) is 14.9. The number of aryl methyl sites for hydroxylation is 1. The highest BCUT2D eigenvalue weighted by Crippen LogP contribution is 2.27. The van der Waals surface area contributed by atoms with Gasteiger partial charge in [0.2, 0.25) is 0 Å². The van der Waals surface area contributed by atoms with E-state index in [2.05, 4.69) is 20.6 Å². The first-order valence-corrected chi connectivity index (χ1v) is 5.97. The number of halogens is 3. The minimum Gasteiger partial charge on any atom is -0.344 e. The van der Waals surface area contributed by atoms with Crippen LogP contribution in [0.5, 0.6) is 0 Å². The topological polar surface area (TPSA) is 72.7 Å². The minimum absolute atomic E-state index is 0.252. The van der Waals surface area contributed by atoms with E-state index in [0.717, 1.165) is 12.3 Å². The summed E-state index contributed by atoms with van der Waals surface area (Å²) in [5.41, 5.74) is -0.256. The molecule has 112 valence electrons. The number of hydrogen-bond acceptors (Lipinski definition) is 4. The van der Waals surface area contributed by atoms with Crippen LogP contribution in [-0.2, 0) is 13.2 Å². The van der Waals surface area contributed by atoms with Gasteiger partial charge in [-0.05, 0) is 18.6 Å². The zero-order valence-corrected chi connectivity index (χ0v) is 11.2. The number of aromatic nitrogens is 4. The van der Waals surface area contributed by atoms with Crippen molar-refractivity contribution in [3.63, 3.8) is 0 Å². The van der Waals surface area contributed by atoms with Crippen molar-refractivity contribution in [3.8, 4) is 0 Å². The van der Waals surface area contributed by atoms with Crippen molar-refractivity contribution in [2.24, 2.45) is 7.05 Å². The van der Waals surface area contributed by atoms with E-state index in [1.165, 1.54) is 16.9 Å². The van der Waals surface area contributed by atoms with Crippen molar-refractivity contribution in [1.29, 1.82) is 0 Å². The second-order valence-corrected chi connectivity index (χ2v) is 4.41. The Morgan fingerprint density at radius 1 is 1.33 bits per heavy atom. The number of rotatable bonds is 3. The molecule has 1 amide bonds. The zero-order valence-electron chi connectivity index (χ0n) is 11.2. The van der Waals surface area contributed by atoms with Gasteiger partial charge in [-0.15, -0.1) is 5.10 Å². The van der Waals surface area contributed by atoms with E-state index in [1.54, 1.807) is 14.0 Å². The molecule has 0 aliphatic rings. The van der Waals surface area contributed by atoms with Gasteiger partial charge in [-0.1, -0.05) is 11.3 Å². The predicted molar refractivity (Wildman–Crippen MR) is 66.1 cm³/mol. The van der Waals surface area contributed by atoms with Gasteiger partial charge in [0.1, 0.15) is 11.4 Å². The van der Waals surface area contributed by atoms with Crippen molar-refractivity contribution in [3.05, 3.63) is 41.5 Å². The standard InChI is InChI=1S/C12H12F3N5O/c1-7(18-11(21)9-6-17-19-20(9)2)8-3-4-10(16-5-8)12(13,14)15/h3-7H,1-2H3,(H,18,21)/t7-/m1/s1. The molecule has 0 aliphatic heterocycles. The molecule has 0 unspecified atom stereocenters. The molecule has 9 heteroatoms. The van der Waals surface area contributed by atoms with Gasteiger partial charge in [-0.2, -0.15) is 13.2 Å². The van der Waals surface area contributed by atoms with Crippen LogP contribution in [0.1, 0.15) is 34.7 Å². The Balaban J connectivity index is 2.09. The summed E-state index contributed by atoms with van der Waals surface area (Å²) in [5.74, 6) is -0.421. The SMILES string of the molecule is C[C@@H](NC(=O)c1cnnn1C)c1ccc(C(F)(F)F)nc1. The molecule has 1 atom stereocenters. The zero-order chi connectivity index (χ0) is 15.6. The molecule has 0 bridgehead atoms. The third-order valence-corrected chi connectivity index (χ3v) is 2.87. The highest BCUT2D eigenvalue weighted by molar-refractivity contribution is 5.92. The lowest BCUT2D eigenvalue weighted by Crippen LogP contribution is -2.28. The van der Waals surface area contributed by atoms with E-state index in [-0.39, 0.29) is 5.69 Å². The summed E-state index contributed by atoms with van der Waals surface area (Å²) in [4.78, 5) is 15.3. The van der Waals surface area contributed by atoms with E-state index >= 15 is 0 Å². The molecule has 2 aromatic rings. The van der Waals surface area contributed by atoms with E-state index in [0.29, 0.717) is 5.56 Å². The van der Waals surface area contributed by atoms with Gasteiger partial charge in [-0.3, -0.25) is 9.78 Å². The number of carbonyl (C=O) groups is 1. The summed E-state index contributed by atoms with van der Waals surface area (Å²) in [6.45, 7) is 1.64.